The molecule has 1 unspecified atom stereocenters. The summed E-state index contributed by atoms with van der Waals surface area (Å²) in [5.41, 5.74) is 4.61. The molecule has 1 fully saturated rings. The molecule has 18 heavy (non-hydrogen) atoms. The summed E-state index contributed by atoms with van der Waals surface area (Å²) in [6.07, 6.45) is 7.50. The number of hydrogen-bond acceptors (Lipinski definition) is 2. The fourth-order valence-corrected chi connectivity index (χ4v) is 3.33. The highest BCUT2D eigenvalue weighted by atomic mass is 35.5. The van der Waals surface area contributed by atoms with Crippen LogP contribution in [0.1, 0.15) is 44.6 Å². The van der Waals surface area contributed by atoms with E-state index in [0.29, 0.717) is 11.5 Å². The maximum Gasteiger partial charge on any atom is 0.0408 e. The van der Waals surface area contributed by atoms with Crippen LogP contribution in [0.15, 0.2) is 24.3 Å². The third-order valence-corrected chi connectivity index (χ3v) is 4.60. The molecule has 0 bridgehead atoms. The van der Waals surface area contributed by atoms with Gasteiger partial charge in [0.25, 0.3) is 0 Å². The molecule has 0 aliphatic heterocycles. The summed E-state index contributed by atoms with van der Waals surface area (Å²) < 4.78 is 0. The summed E-state index contributed by atoms with van der Waals surface area (Å²) in [5.74, 6) is 5.79. The van der Waals surface area contributed by atoms with Crippen LogP contribution < -0.4 is 11.3 Å². The van der Waals surface area contributed by atoms with Gasteiger partial charge < -0.3 is 0 Å². The van der Waals surface area contributed by atoms with E-state index in [1.54, 1.807) is 0 Å². The molecule has 1 aromatic carbocycles. The van der Waals surface area contributed by atoms with Gasteiger partial charge in [-0.15, -0.1) is 0 Å². The molecule has 0 radical (unpaired) electrons. The van der Waals surface area contributed by atoms with Gasteiger partial charge in [0.2, 0.25) is 0 Å². The molecule has 1 aliphatic rings. The number of nitrogens with two attached hydrogens (primary N) is 1. The van der Waals surface area contributed by atoms with Crippen LogP contribution in [0.5, 0.6) is 0 Å². The molecule has 0 saturated heterocycles. The highest BCUT2D eigenvalue weighted by Gasteiger charge is 2.34. The first-order valence-corrected chi connectivity index (χ1v) is 7.22. The molecule has 1 atom stereocenters. The van der Waals surface area contributed by atoms with E-state index in [1.807, 2.05) is 18.2 Å². The molecule has 0 spiro atoms. The van der Waals surface area contributed by atoms with Crippen LogP contribution in [0.4, 0.5) is 0 Å². The van der Waals surface area contributed by atoms with E-state index in [4.69, 9.17) is 17.4 Å². The van der Waals surface area contributed by atoms with E-state index in [9.17, 15) is 0 Å². The van der Waals surface area contributed by atoms with Crippen LogP contribution in [-0.2, 0) is 6.42 Å². The van der Waals surface area contributed by atoms with Crippen molar-refractivity contribution in [3.63, 3.8) is 0 Å². The van der Waals surface area contributed by atoms with Gasteiger partial charge in [-0.3, -0.25) is 11.3 Å². The quantitative estimate of drug-likeness (QED) is 0.644. The Morgan fingerprint density at radius 1 is 1.33 bits per heavy atom. The zero-order valence-corrected chi connectivity index (χ0v) is 11.8. The number of hydrazine groups is 1. The number of hydrogen-bond donors (Lipinski definition) is 2. The molecule has 100 valence electrons. The Bertz CT molecular complexity index is 386. The second-order valence-corrected chi connectivity index (χ2v) is 6.20. The van der Waals surface area contributed by atoms with Gasteiger partial charge in [0.05, 0.1) is 0 Å². The normalized spacial score (nSPS) is 20.6. The number of nitrogens with one attached hydrogen (secondary N) is 1. The van der Waals surface area contributed by atoms with Crippen LogP contribution in [-0.4, -0.2) is 6.04 Å². The van der Waals surface area contributed by atoms with Gasteiger partial charge in [-0.05, 0) is 42.4 Å². The third kappa shape index (κ3) is 3.25. The first kappa shape index (κ1) is 13.9. The standard InChI is InChI=1S/C15H23ClN2/c1-15(8-3-2-4-9-15)14(18-17)11-12-6-5-7-13(16)10-12/h5-7,10,14,18H,2-4,8-9,11,17H2,1H3. The van der Waals surface area contributed by atoms with Crippen molar-refractivity contribution < 1.29 is 0 Å². The van der Waals surface area contributed by atoms with Gasteiger partial charge >= 0.3 is 0 Å². The largest absolute Gasteiger partial charge is 0.271 e. The maximum atomic E-state index is 6.04. The molecule has 1 aliphatic carbocycles. The van der Waals surface area contributed by atoms with Crippen LogP contribution in [0.2, 0.25) is 5.02 Å². The molecular weight excluding hydrogens is 244 g/mol. The number of rotatable bonds is 4. The van der Waals surface area contributed by atoms with Crippen LogP contribution in [0, 0.1) is 5.41 Å². The maximum absolute atomic E-state index is 6.04. The SMILES string of the molecule is CC1(C(Cc2cccc(Cl)c2)NN)CCCCC1. The monoisotopic (exact) mass is 266 g/mol. The molecule has 0 heterocycles. The molecule has 1 aromatic rings. The minimum atomic E-state index is 0.315. The van der Waals surface area contributed by atoms with E-state index < -0.39 is 0 Å². The molecule has 1 saturated carbocycles. The Labute approximate surface area is 115 Å². The van der Waals surface area contributed by atoms with Crippen LogP contribution in [0.25, 0.3) is 0 Å². The van der Waals surface area contributed by atoms with Crippen molar-refractivity contribution in [2.75, 3.05) is 0 Å². The first-order chi connectivity index (χ1) is 8.64. The molecule has 0 amide bonds. The van der Waals surface area contributed by atoms with Gasteiger partial charge in [0, 0.05) is 11.1 Å². The average Bonchev–Trinajstić information content (AvgIpc) is 2.37. The second kappa shape index (κ2) is 6.05. The van der Waals surface area contributed by atoms with E-state index in [2.05, 4.69) is 18.4 Å². The summed E-state index contributed by atoms with van der Waals surface area (Å²) in [6, 6.07) is 8.42. The van der Waals surface area contributed by atoms with Gasteiger partial charge in [-0.1, -0.05) is 49.9 Å². The minimum absolute atomic E-state index is 0.315. The zero-order valence-electron chi connectivity index (χ0n) is 11.1. The van der Waals surface area contributed by atoms with E-state index in [-0.39, 0.29) is 0 Å². The van der Waals surface area contributed by atoms with Gasteiger partial charge in [-0.25, -0.2) is 0 Å². The van der Waals surface area contributed by atoms with Crippen molar-refractivity contribution in [1.82, 2.24) is 5.43 Å². The second-order valence-electron chi connectivity index (χ2n) is 5.77. The Morgan fingerprint density at radius 2 is 2.06 bits per heavy atom. The number of halogens is 1. The van der Waals surface area contributed by atoms with Gasteiger partial charge in [0.15, 0.2) is 0 Å². The van der Waals surface area contributed by atoms with Crippen molar-refractivity contribution in [1.29, 1.82) is 0 Å². The Hall–Kier alpha value is -0.570. The zero-order chi connectivity index (χ0) is 13.0. The van der Waals surface area contributed by atoms with E-state index in [1.165, 1.54) is 37.7 Å². The smallest absolute Gasteiger partial charge is 0.0408 e. The summed E-state index contributed by atoms with van der Waals surface area (Å²) in [6.45, 7) is 2.36. The van der Waals surface area contributed by atoms with E-state index >= 15 is 0 Å². The highest BCUT2D eigenvalue weighted by molar-refractivity contribution is 6.30. The Morgan fingerprint density at radius 3 is 2.67 bits per heavy atom. The Kier molecular flexibility index (Phi) is 4.66. The van der Waals surface area contributed by atoms with E-state index in [0.717, 1.165) is 11.4 Å². The molecule has 2 nitrogen and oxygen atoms in total. The Balaban J connectivity index is 2.09. The lowest BCUT2D eigenvalue weighted by Crippen LogP contribution is -2.49. The third-order valence-electron chi connectivity index (χ3n) is 4.37. The lowest BCUT2D eigenvalue weighted by Gasteiger charge is -2.40. The van der Waals surface area contributed by atoms with Crippen molar-refractivity contribution in [3.8, 4) is 0 Å². The fraction of sp³-hybridized carbons (Fsp3) is 0.600. The predicted molar refractivity (Wildman–Crippen MR) is 77.5 cm³/mol. The number of benzene rings is 1. The molecule has 3 heteroatoms. The van der Waals surface area contributed by atoms with Gasteiger partial charge in [0.1, 0.15) is 0 Å². The first-order valence-electron chi connectivity index (χ1n) is 6.85. The summed E-state index contributed by atoms with van der Waals surface area (Å²) >= 11 is 6.04. The molecule has 0 aromatic heterocycles. The van der Waals surface area contributed by atoms with Crippen molar-refractivity contribution in [2.45, 2.75) is 51.5 Å². The van der Waals surface area contributed by atoms with Gasteiger partial charge in [-0.2, -0.15) is 0 Å². The van der Waals surface area contributed by atoms with Crippen LogP contribution in [0.3, 0.4) is 0 Å². The topological polar surface area (TPSA) is 38.0 Å². The molecule has 3 N–H and O–H groups in total. The lowest BCUT2D eigenvalue weighted by molar-refractivity contribution is 0.144. The van der Waals surface area contributed by atoms with Crippen molar-refractivity contribution in [3.05, 3.63) is 34.9 Å². The molecular formula is C15H23ClN2. The highest BCUT2D eigenvalue weighted by Crippen LogP contribution is 2.39. The lowest BCUT2D eigenvalue weighted by atomic mass is 9.69. The minimum Gasteiger partial charge on any atom is -0.271 e. The molecule has 2 rings (SSSR count). The van der Waals surface area contributed by atoms with Crippen molar-refractivity contribution >= 4 is 11.6 Å². The summed E-state index contributed by atoms with van der Waals surface area (Å²) in [4.78, 5) is 0. The fourth-order valence-electron chi connectivity index (χ4n) is 3.11. The summed E-state index contributed by atoms with van der Waals surface area (Å²) in [7, 11) is 0. The average molecular weight is 267 g/mol. The van der Waals surface area contributed by atoms with Crippen molar-refractivity contribution in [2.24, 2.45) is 11.3 Å². The predicted octanol–water partition coefficient (Wildman–Crippen LogP) is 3.68. The van der Waals surface area contributed by atoms with Crippen LogP contribution >= 0.6 is 11.6 Å². The summed E-state index contributed by atoms with van der Waals surface area (Å²) in [5, 5.41) is 0.803.